The minimum Gasteiger partial charge on any atom is -0.480 e. The number of hydrogen-bond acceptors (Lipinski definition) is 5. The number of nitrogens with zero attached hydrogens (tertiary/aromatic N) is 1. The molecule has 2 aliphatic rings. The second-order valence-electron chi connectivity index (χ2n) is 5.68. The van der Waals surface area contributed by atoms with Crippen molar-refractivity contribution in [3.05, 3.63) is 35.4 Å². The van der Waals surface area contributed by atoms with Gasteiger partial charge in [0.15, 0.2) is 0 Å². The number of amides is 2. The lowest BCUT2D eigenvalue weighted by atomic mass is 10.1. The molecule has 1 aromatic rings. The number of rotatable bonds is 6. The third-order valence-electron chi connectivity index (χ3n) is 4.22. The fraction of sp³-hybridized carbons (Fsp3) is 0.438. The number of carboxylic acid groups (broad SMARTS) is 1. The third kappa shape index (κ3) is 3.00. The lowest BCUT2D eigenvalue weighted by Crippen LogP contribution is -2.51. The van der Waals surface area contributed by atoms with Crippen molar-refractivity contribution in [3.63, 3.8) is 0 Å². The quantitative estimate of drug-likeness (QED) is 0.795. The largest absolute Gasteiger partial charge is 0.480 e. The molecule has 0 bridgehead atoms. The first-order chi connectivity index (χ1) is 11.5. The van der Waals surface area contributed by atoms with Crippen molar-refractivity contribution < 1.29 is 19.5 Å². The number of hydrogen-bond donors (Lipinski definition) is 2. The Bertz CT molecular complexity index is 682. The summed E-state index contributed by atoms with van der Waals surface area (Å²) in [6.45, 7) is 0. The standard InChI is InChI=1S/C16H18N2O4S2/c1-23-7-6-11(16(21)22)17-13(19)12-8-24-15-10-5-3-2-4-9(10)14(20)18(12)15/h2-5,11-12,15H,6-8H2,1H3,(H,17,19)(H,21,22)/t11-,12+,15?/m1/s1. The zero-order chi connectivity index (χ0) is 17.3. The van der Waals surface area contributed by atoms with E-state index in [4.69, 9.17) is 0 Å². The first-order valence-corrected chi connectivity index (χ1v) is 10.0. The molecule has 1 fully saturated rings. The lowest BCUT2D eigenvalue weighted by molar-refractivity contribution is -0.142. The SMILES string of the molecule is CSCC[C@@H](NC(=O)[C@@H]1CSC2c3ccccc3C(=O)N21)C(=O)O. The zero-order valence-corrected chi connectivity index (χ0v) is 14.7. The fourth-order valence-electron chi connectivity index (χ4n) is 3.00. The Morgan fingerprint density at radius 3 is 2.92 bits per heavy atom. The molecule has 0 radical (unpaired) electrons. The van der Waals surface area contributed by atoms with Crippen LogP contribution in [0.1, 0.15) is 27.7 Å². The van der Waals surface area contributed by atoms with Gasteiger partial charge in [-0.2, -0.15) is 11.8 Å². The van der Waals surface area contributed by atoms with Gasteiger partial charge in [-0.3, -0.25) is 9.59 Å². The number of benzene rings is 1. The van der Waals surface area contributed by atoms with E-state index in [2.05, 4.69) is 5.32 Å². The highest BCUT2D eigenvalue weighted by molar-refractivity contribution is 7.99. The van der Waals surface area contributed by atoms with Crippen molar-refractivity contribution in [2.75, 3.05) is 17.8 Å². The van der Waals surface area contributed by atoms with Crippen LogP contribution >= 0.6 is 23.5 Å². The van der Waals surface area contributed by atoms with Crippen molar-refractivity contribution >= 4 is 41.3 Å². The first kappa shape index (κ1) is 17.2. The van der Waals surface area contributed by atoms with E-state index in [9.17, 15) is 19.5 Å². The number of thioether (sulfide) groups is 2. The van der Waals surface area contributed by atoms with E-state index in [1.165, 1.54) is 11.8 Å². The Hall–Kier alpha value is -1.67. The van der Waals surface area contributed by atoms with Gasteiger partial charge in [0.2, 0.25) is 5.91 Å². The van der Waals surface area contributed by atoms with Gasteiger partial charge < -0.3 is 15.3 Å². The summed E-state index contributed by atoms with van der Waals surface area (Å²) in [5.74, 6) is -0.467. The molecule has 3 atom stereocenters. The second-order valence-corrected chi connectivity index (χ2v) is 7.78. The van der Waals surface area contributed by atoms with E-state index in [0.717, 1.165) is 5.56 Å². The molecule has 1 aromatic carbocycles. The predicted molar refractivity (Wildman–Crippen MR) is 94.2 cm³/mol. The highest BCUT2D eigenvalue weighted by atomic mass is 32.2. The number of aliphatic carboxylic acids is 1. The second kappa shape index (κ2) is 7.06. The number of fused-ring (bicyclic) bond motifs is 3. The maximum Gasteiger partial charge on any atom is 0.326 e. The van der Waals surface area contributed by atoms with Gasteiger partial charge in [0.05, 0.1) is 0 Å². The van der Waals surface area contributed by atoms with Crippen LogP contribution in [0, 0.1) is 0 Å². The van der Waals surface area contributed by atoms with Crippen LogP contribution < -0.4 is 5.32 Å². The smallest absolute Gasteiger partial charge is 0.326 e. The van der Waals surface area contributed by atoms with Gasteiger partial charge in [0, 0.05) is 11.3 Å². The number of nitrogens with one attached hydrogen (secondary N) is 1. The average Bonchev–Trinajstić information content (AvgIpc) is 3.12. The van der Waals surface area contributed by atoms with Gasteiger partial charge >= 0.3 is 5.97 Å². The third-order valence-corrected chi connectivity index (χ3v) is 6.17. The van der Waals surface area contributed by atoms with Crippen molar-refractivity contribution in [3.8, 4) is 0 Å². The Balaban J connectivity index is 1.74. The number of carboxylic acids is 1. The van der Waals surface area contributed by atoms with E-state index in [0.29, 0.717) is 23.5 Å². The van der Waals surface area contributed by atoms with Crippen LogP contribution in [0.25, 0.3) is 0 Å². The van der Waals surface area contributed by atoms with Gasteiger partial charge in [-0.1, -0.05) is 18.2 Å². The molecule has 0 aliphatic carbocycles. The Morgan fingerprint density at radius 2 is 2.21 bits per heavy atom. The van der Waals surface area contributed by atoms with Crippen LogP contribution in [0.2, 0.25) is 0 Å². The van der Waals surface area contributed by atoms with Gasteiger partial charge in [0.25, 0.3) is 5.91 Å². The molecule has 1 unspecified atom stereocenters. The molecular formula is C16H18N2O4S2. The van der Waals surface area contributed by atoms with E-state index in [1.54, 1.807) is 22.7 Å². The van der Waals surface area contributed by atoms with E-state index in [-0.39, 0.29) is 17.2 Å². The van der Waals surface area contributed by atoms with E-state index in [1.807, 2.05) is 24.5 Å². The molecule has 0 spiro atoms. The highest BCUT2D eigenvalue weighted by Crippen LogP contribution is 2.48. The maximum absolute atomic E-state index is 12.6. The summed E-state index contributed by atoms with van der Waals surface area (Å²) in [5.41, 5.74) is 1.56. The molecule has 8 heteroatoms. The molecule has 3 rings (SSSR count). The van der Waals surface area contributed by atoms with Crippen LogP contribution in [0.3, 0.4) is 0 Å². The summed E-state index contributed by atoms with van der Waals surface area (Å²) in [6, 6.07) is 5.81. The van der Waals surface area contributed by atoms with Gasteiger partial charge in [-0.25, -0.2) is 4.79 Å². The first-order valence-electron chi connectivity index (χ1n) is 7.60. The molecule has 2 heterocycles. The molecule has 128 valence electrons. The summed E-state index contributed by atoms with van der Waals surface area (Å²) in [5, 5.41) is 11.7. The zero-order valence-electron chi connectivity index (χ0n) is 13.1. The van der Waals surface area contributed by atoms with Gasteiger partial charge in [-0.05, 0) is 30.1 Å². The lowest BCUT2D eigenvalue weighted by Gasteiger charge is -2.24. The molecule has 1 saturated heterocycles. The summed E-state index contributed by atoms with van der Waals surface area (Å²) in [4.78, 5) is 38.1. The predicted octanol–water partition coefficient (Wildman–Crippen LogP) is 1.58. The molecule has 2 amide bonds. The van der Waals surface area contributed by atoms with Crippen molar-refractivity contribution in [1.29, 1.82) is 0 Å². The topological polar surface area (TPSA) is 86.7 Å². The van der Waals surface area contributed by atoms with Crippen LogP contribution in [-0.4, -0.2) is 57.6 Å². The highest BCUT2D eigenvalue weighted by Gasteiger charge is 2.48. The van der Waals surface area contributed by atoms with Gasteiger partial charge in [0.1, 0.15) is 17.5 Å². The molecule has 24 heavy (non-hydrogen) atoms. The molecule has 2 aliphatic heterocycles. The maximum atomic E-state index is 12.6. The van der Waals surface area contributed by atoms with E-state index >= 15 is 0 Å². The average molecular weight is 366 g/mol. The van der Waals surface area contributed by atoms with Crippen molar-refractivity contribution in [2.24, 2.45) is 0 Å². The van der Waals surface area contributed by atoms with Crippen LogP contribution in [-0.2, 0) is 9.59 Å². The summed E-state index contributed by atoms with van der Waals surface area (Å²) in [7, 11) is 0. The molecule has 2 N–H and O–H groups in total. The Labute approximate surface area is 148 Å². The normalized spacial score (nSPS) is 22.9. The molecule has 0 saturated carbocycles. The van der Waals surface area contributed by atoms with Gasteiger partial charge in [-0.15, -0.1) is 11.8 Å². The van der Waals surface area contributed by atoms with Crippen LogP contribution in [0.4, 0.5) is 0 Å². The van der Waals surface area contributed by atoms with Crippen molar-refractivity contribution in [1.82, 2.24) is 10.2 Å². The minimum absolute atomic E-state index is 0.154. The number of carbonyl (C=O) groups excluding carboxylic acids is 2. The van der Waals surface area contributed by atoms with E-state index < -0.39 is 18.1 Å². The van der Waals surface area contributed by atoms with Crippen LogP contribution in [0.15, 0.2) is 24.3 Å². The molecular weight excluding hydrogens is 348 g/mol. The summed E-state index contributed by atoms with van der Waals surface area (Å²) in [6.07, 6.45) is 2.25. The Morgan fingerprint density at radius 1 is 1.46 bits per heavy atom. The summed E-state index contributed by atoms with van der Waals surface area (Å²) >= 11 is 3.07. The fourth-order valence-corrected chi connectivity index (χ4v) is 4.94. The van der Waals surface area contributed by atoms with Crippen LogP contribution in [0.5, 0.6) is 0 Å². The van der Waals surface area contributed by atoms with Crippen molar-refractivity contribution in [2.45, 2.75) is 23.9 Å². The molecule has 0 aromatic heterocycles. The number of carbonyl (C=O) groups is 3. The monoisotopic (exact) mass is 366 g/mol. The summed E-state index contributed by atoms with van der Waals surface area (Å²) < 4.78 is 0. The Kier molecular flexibility index (Phi) is 5.05. The molecule has 6 nitrogen and oxygen atoms in total. The minimum atomic E-state index is -1.05.